The van der Waals surface area contributed by atoms with Crippen LogP contribution >= 0.6 is 11.3 Å². The van der Waals surface area contributed by atoms with Gasteiger partial charge in [0.05, 0.1) is 25.4 Å². The number of nitrogens with zero attached hydrogens (tertiary/aromatic N) is 3. The van der Waals surface area contributed by atoms with Gasteiger partial charge in [-0.3, -0.25) is 0 Å². The van der Waals surface area contributed by atoms with E-state index >= 15 is 0 Å². The number of aliphatic imine (C=N–C) groups is 1. The predicted molar refractivity (Wildman–Crippen MR) is 111 cm³/mol. The first-order valence-corrected chi connectivity index (χ1v) is 9.98. The summed E-state index contributed by atoms with van der Waals surface area (Å²) in [5, 5.41) is 6.44. The third-order valence-electron chi connectivity index (χ3n) is 4.08. The Morgan fingerprint density at radius 1 is 1.33 bits per heavy atom. The van der Waals surface area contributed by atoms with Gasteiger partial charge in [-0.2, -0.15) is 0 Å². The van der Waals surface area contributed by atoms with E-state index in [1.54, 1.807) is 25.6 Å². The standard InChI is InChI=1S/C20H30N4O2S/c1-6-21-20(22-11-16-8-7-9-17(10-16)13-25-4)24(3)12-18-14-27-19(23-18)15(2)26-5/h7-10,14-15H,6,11-13H2,1-5H3,(H,21,22). The van der Waals surface area contributed by atoms with Gasteiger partial charge in [-0.15, -0.1) is 11.3 Å². The third-order valence-corrected chi connectivity index (χ3v) is 5.13. The van der Waals surface area contributed by atoms with Crippen LogP contribution in [0.5, 0.6) is 0 Å². The summed E-state index contributed by atoms with van der Waals surface area (Å²) in [5.74, 6) is 0.865. The maximum absolute atomic E-state index is 5.34. The van der Waals surface area contributed by atoms with Crippen LogP contribution in [-0.4, -0.2) is 43.7 Å². The molecule has 1 aromatic heterocycles. The minimum Gasteiger partial charge on any atom is -0.380 e. The molecule has 0 saturated carbocycles. The lowest BCUT2D eigenvalue weighted by atomic mass is 10.1. The van der Waals surface area contributed by atoms with Crippen LogP contribution in [0.1, 0.15) is 41.8 Å². The molecule has 1 atom stereocenters. The molecule has 6 nitrogen and oxygen atoms in total. The molecule has 2 rings (SSSR count). The molecule has 1 aromatic carbocycles. The van der Waals surface area contributed by atoms with Crippen molar-refractivity contribution in [2.24, 2.45) is 4.99 Å². The second kappa shape index (κ2) is 11.0. The molecule has 1 heterocycles. The summed E-state index contributed by atoms with van der Waals surface area (Å²) in [6.45, 7) is 6.83. The number of thiazole rings is 1. The minimum atomic E-state index is 0.0235. The summed E-state index contributed by atoms with van der Waals surface area (Å²) in [5.41, 5.74) is 3.35. The van der Waals surface area contributed by atoms with Gasteiger partial charge in [0.25, 0.3) is 0 Å². The van der Waals surface area contributed by atoms with Gasteiger partial charge in [0, 0.05) is 33.2 Å². The molecule has 0 bridgehead atoms. The van der Waals surface area contributed by atoms with Gasteiger partial charge in [-0.25, -0.2) is 9.98 Å². The number of hydrogen-bond acceptors (Lipinski definition) is 5. The average molecular weight is 391 g/mol. The van der Waals surface area contributed by atoms with E-state index in [2.05, 4.69) is 45.7 Å². The third kappa shape index (κ3) is 6.61. The van der Waals surface area contributed by atoms with E-state index in [0.29, 0.717) is 19.7 Å². The van der Waals surface area contributed by atoms with Gasteiger partial charge in [-0.05, 0) is 25.0 Å². The van der Waals surface area contributed by atoms with Crippen molar-refractivity contribution in [3.05, 3.63) is 51.5 Å². The van der Waals surface area contributed by atoms with E-state index in [0.717, 1.165) is 28.8 Å². The van der Waals surface area contributed by atoms with Crippen LogP contribution < -0.4 is 5.32 Å². The fourth-order valence-electron chi connectivity index (χ4n) is 2.62. The fourth-order valence-corrected chi connectivity index (χ4v) is 3.46. The second-order valence-corrected chi connectivity index (χ2v) is 7.22. The summed E-state index contributed by atoms with van der Waals surface area (Å²) in [4.78, 5) is 11.5. The number of guanidine groups is 1. The topological polar surface area (TPSA) is 59.0 Å². The highest BCUT2D eigenvalue weighted by atomic mass is 32.1. The first kappa shape index (κ1) is 21.3. The lowest BCUT2D eigenvalue weighted by Crippen LogP contribution is -2.38. The van der Waals surface area contributed by atoms with E-state index in [1.807, 2.05) is 20.0 Å². The highest BCUT2D eigenvalue weighted by Crippen LogP contribution is 2.21. The molecule has 0 saturated heterocycles. The Kier molecular flexibility index (Phi) is 8.71. The molecule has 1 N–H and O–H groups in total. The van der Waals surface area contributed by atoms with E-state index in [9.17, 15) is 0 Å². The number of hydrogen-bond donors (Lipinski definition) is 1. The molecule has 0 aliphatic heterocycles. The van der Waals surface area contributed by atoms with Gasteiger partial charge >= 0.3 is 0 Å². The van der Waals surface area contributed by atoms with Gasteiger partial charge in [0.2, 0.25) is 0 Å². The maximum atomic E-state index is 5.34. The Morgan fingerprint density at radius 3 is 2.81 bits per heavy atom. The summed E-state index contributed by atoms with van der Waals surface area (Å²) in [6.07, 6.45) is 0.0235. The SMILES string of the molecule is CCNC(=NCc1cccc(COC)c1)N(C)Cc1csc(C(C)OC)n1. The van der Waals surface area contributed by atoms with Crippen molar-refractivity contribution >= 4 is 17.3 Å². The highest BCUT2D eigenvalue weighted by molar-refractivity contribution is 7.09. The number of aromatic nitrogens is 1. The summed E-state index contributed by atoms with van der Waals surface area (Å²) in [6, 6.07) is 8.33. The largest absolute Gasteiger partial charge is 0.380 e. The van der Waals surface area contributed by atoms with Crippen molar-refractivity contribution in [1.29, 1.82) is 0 Å². The number of benzene rings is 1. The van der Waals surface area contributed by atoms with Crippen molar-refractivity contribution in [2.45, 2.75) is 39.6 Å². The summed E-state index contributed by atoms with van der Waals surface area (Å²) >= 11 is 1.63. The number of ether oxygens (including phenoxy) is 2. The lowest BCUT2D eigenvalue weighted by Gasteiger charge is -2.21. The zero-order chi connectivity index (χ0) is 19.6. The van der Waals surface area contributed by atoms with E-state index < -0.39 is 0 Å². The maximum Gasteiger partial charge on any atom is 0.194 e. The Morgan fingerprint density at radius 2 is 2.11 bits per heavy atom. The number of nitrogens with one attached hydrogen (secondary N) is 1. The van der Waals surface area contributed by atoms with Crippen molar-refractivity contribution in [1.82, 2.24) is 15.2 Å². The smallest absolute Gasteiger partial charge is 0.194 e. The van der Waals surface area contributed by atoms with Gasteiger partial charge in [0.15, 0.2) is 5.96 Å². The van der Waals surface area contributed by atoms with Crippen molar-refractivity contribution < 1.29 is 9.47 Å². The molecule has 148 valence electrons. The highest BCUT2D eigenvalue weighted by Gasteiger charge is 2.12. The van der Waals surface area contributed by atoms with Crippen molar-refractivity contribution in [3.8, 4) is 0 Å². The predicted octanol–water partition coefficient (Wildman–Crippen LogP) is 3.59. The van der Waals surface area contributed by atoms with Crippen LogP contribution in [0.3, 0.4) is 0 Å². The quantitative estimate of drug-likeness (QED) is 0.524. The molecule has 7 heteroatoms. The first-order chi connectivity index (χ1) is 13.1. The Balaban J connectivity index is 2.05. The molecular formula is C20H30N4O2S. The molecule has 0 aliphatic rings. The first-order valence-electron chi connectivity index (χ1n) is 9.10. The van der Waals surface area contributed by atoms with Gasteiger partial charge < -0.3 is 19.7 Å². The monoisotopic (exact) mass is 390 g/mol. The zero-order valence-electron chi connectivity index (χ0n) is 16.9. The van der Waals surface area contributed by atoms with Crippen LogP contribution in [0.4, 0.5) is 0 Å². The molecule has 0 aliphatic carbocycles. The van der Waals surface area contributed by atoms with Crippen molar-refractivity contribution in [3.63, 3.8) is 0 Å². The molecule has 0 radical (unpaired) electrons. The minimum absolute atomic E-state index is 0.0235. The molecule has 2 aromatic rings. The summed E-state index contributed by atoms with van der Waals surface area (Å²) in [7, 11) is 5.44. The zero-order valence-corrected chi connectivity index (χ0v) is 17.7. The van der Waals surface area contributed by atoms with Crippen molar-refractivity contribution in [2.75, 3.05) is 27.8 Å². The molecular weight excluding hydrogens is 360 g/mol. The molecule has 0 spiro atoms. The normalized spacial score (nSPS) is 12.9. The fraction of sp³-hybridized carbons (Fsp3) is 0.500. The van der Waals surface area contributed by atoms with E-state index in [4.69, 9.17) is 14.5 Å². The summed E-state index contributed by atoms with van der Waals surface area (Å²) < 4.78 is 10.6. The average Bonchev–Trinajstić information content (AvgIpc) is 3.13. The molecule has 0 fully saturated rings. The van der Waals surface area contributed by atoms with Crippen LogP contribution in [-0.2, 0) is 29.2 Å². The van der Waals surface area contributed by atoms with E-state index in [-0.39, 0.29) is 6.10 Å². The molecule has 1 unspecified atom stereocenters. The Labute approximate surface area is 166 Å². The second-order valence-electron chi connectivity index (χ2n) is 6.33. The molecule has 27 heavy (non-hydrogen) atoms. The lowest BCUT2D eigenvalue weighted by molar-refractivity contribution is 0.119. The number of rotatable bonds is 9. The van der Waals surface area contributed by atoms with Crippen LogP contribution in [0, 0.1) is 0 Å². The van der Waals surface area contributed by atoms with Crippen LogP contribution in [0.15, 0.2) is 34.6 Å². The Bertz CT molecular complexity index is 732. The number of methoxy groups -OCH3 is 2. The van der Waals surface area contributed by atoms with E-state index in [1.165, 1.54) is 5.56 Å². The Hall–Kier alpha value is -1.96. The van der Waals surface area contributed by atoms with Gasteiger partial charge in [0.1, 0.15) is 11.1 Å². The van der Waals surface area contributed by atoms with Crippen LogP contribution in [0.2, 0.25) is 0 Å². The van der Waals surface area contributed by atoms with Crippen LogP contribution in [0.25, 0.3) is 0 Å². The van der Waals surface area contributed by atoms with Gasteiger partial charge in [-0.1, -0.05) is 24.3 Å². The molecule has 0 amide bonds.